The largest absolute Gasteiger partial charge is 0.310 e. The first kappa shape index (κ1) is 17.0. The fraction of sp³-hybridized carbons (Fsp3) is 0.278. The van der Waals surface area contributed by atoms with Crippen LogP contribution in [0, 0.1) is 11.6 Å². The number of carbonyl (C=O) groups excluding carboxylic acids is 1. The summed E-state index contributed by atoms with van der Waals surface area (Å²) in [5.41, 5.74) is 1.24. The Morgan fingerprint density at radius 1 is 1.17 bits per heavy atom. The number of halogens is 3. The standard InChI is InChI=1S/C18H17BrF2N2O/c1-12-18(24)23(16-4-2-3-14(19)9-16)8-7-22(12)11-13-5-6-15(20)10-17(13)21/h2-6,9-10,12H,7-8,11H2,1H3. The van der Waals surface area contributed by atoms with Gasteiger partial charge in [-0.1, -0.05) is 28.1 Å². The molecule has 0 radical (unpaired) electrons. The number of rotatable bonds is 3. The molecule has 0 aromatic heterocycles. The maximum absolute atomic E-state index is 13.8. The maximum Gasteiger partial charge on any atom is 0.244 e. The highest BCUT2D eigenvalue weighted by atomic mass is 79.9. The van der Waals surface area contributed by atoms with Crippen LogP contribution in [0.1, 0.15) is 12.5 Å². The van der Waals surface area contributed by atoms with Crippen molar-refractivity contribution in [3.05, 3.63) is 64.1 Å². The van der Waals surface area contributed by atoms with Crippen LogP contribution in [-0.2, 0) is 11.3 Å². The highest BCUT2D eigenvalue weighted by molar-refractivity contribution is 9.10. The second kappa shape index (κ2) is 6.99. The van der Waals surface area contributed by atoms with Gasteiger partial charge in [-0.3, -0.25) is 9.69 Å². The number of piperazine rings is 1. The van der Waals surface area contributed by atoms with E-state index in [-0.39, 0.29) is 18.5 Å². The number of carbonyl (C=O) groups is 1. The van der Waals surface area contributed by atoms with Crippen LogP contribution >= 0.6 is 15.9 Å². The van der Waals surface area contributed by atoms with E-state index in [9.17, 15) is 13.6 Å². The van der Waals surface area contributed by atoms with Crippen LogP contribution in [0.15, 0.2) is 46.9 Å². The monoisotopic (exact) mass is 394 g/mol. The Bertz CT molecular complexity index is 768. The van der Waals surface area contributed by atoms with Crippen LogP contribution in [0.4, 0.5) is 14.5 Å². The van der Waals surface area contributed by atoms with Crippen molar-refractivity contribution in [3.63, 3.8) is 0 Å². The minimum absolute atomic E-state index is 0.0260. The topological polar surface area (TPSA) is 23.6 Å². The zero-order chi connectivity index (χ0) is 17.3. The Labute approximate surface area is 148 Å². The predicted octanol–water partition coefficient (Wildman–Crippen LogP) is 3.96. The van der Waals surface area contributed by atoms with Crippen LogP contribution < -0.4 is 4.90 Å². The molecule has 1 heterocycles. The lowest BCUT2D eigenvalue weighted by Crippen LogP contribution is -2.55. The molecule has 0 N–H and O–H groups in total. The van der Waals surface area contributed by atoms with Gasteiger partial charge in [0.05, 0.1) is 6.04 Å². The number of hydrogen-bond donors (Lipinski definition) is 0. The van der Waals surface area contributed by atoms with Crippen molar-refractivity contribution in [2.75, 3.05) is 18.0 Å². The number of anilines is 1. The highest BCUT2D eigenvalue weighted by Crippen LogP contribution is 2.25. The Morgan fingerprint density at radius 3 is 2.67 bits per heavy atom. The van der Waals surface area contributed by atoms with E-state index in [0.29, 0.717) is 18.7 Å². The lowest BCUT2D eigenvalue weighted by Gasteiger charge is -2.39. The quantitative estimate of drug-likeness (QED) is 0.786. The Balaban J connectivity index is 1.75. The summed E-state index contributed by atoms with van der Waals surface area (Å²) >= 11 is 3.41. The van der Waals surface area contributed by atoms with E-state index in [0.717, 1.165) is 16.2 Å². The van der Waals surface area contributed by atoms with Crippen molar-refractivity contribution in [2.24, 2.45) is 0 Å². The highest BCUT2D eigenvalue weighted by Gasteiger charge is 2.32. The van der Waals surface area contributed by atoms with E-state index in [4.69, 9.17) is 0 Å². The predicted molar refractivity (Wildman–Crippen MR) is 92.7 cm³/mol. The van der Waals surface area contributed by atoms with Crippen LogP contribution in [0.2, 0.25) is 0 Å². The smallest absolute Gasteiger partial charge is 0.244 e. The zero-order valence-corrected chi connectivity index (χ0v) is 14.8. The van der Waals surface area contributed by atoms with Gasteiger partial charge < -0.3 is 4.90 Å². The molecule has 0 aliphatic carbocycles. The van der Waals surface area contributed by atoms with Gasteiger partial charge in [0, 0.05) is 41.4 Å². The molecule has 3 nitrogen and oxygen atoms in total. The SMILES string of the molecule is CC1C(=O)N(c2cccc(Br)c2)CCN1Cc1ccc(F)cc1F. The molecular weight excluding hydrogens is 378 g/mol. The molecule has 1 fully saturated rings. The van der Waals surface area contributed by atoms with Gasteiger partial charge in [0.1, 0.15) is 11.6 Å². The summed E-state index contributed by atoms with van der Waals surface area (Å²) < 4.78 is 27.8. The molecule has 0 spiro atoms. The summed E-state index contributed by atoms with van der Waals surface area (Å²) in [4.78, 5) is 16.3. The van der Waals surface area contributed by atoms with E-state index < -0.39 is 11.6 Å². The van der Waals surface area contributed by atoms with Crippen molar-refractivity contribution in [1.82, 2.24) is 4.90 Å². The molecular formula is C18H17BrF2N2O. The molecule has 1 aliphatic rings. The summed E-state index contributed by atoms with van der Waals surface area (Å²) in [6, 6.07) is 10.8. The molecule has 0 saturated carbocycles. The van der Waals surface area contributed by atoms with E-state index in [2.05, 4.69) is 15.9 Å². The Hall–Kier alpha value is -1.79. The van der Waals surface area contributed by atoms with E-state index in [1.165, 1.54) is 12.1 Å². The molecule has 2 aromatic carbocycles. The molecule has 1 atom stereocenters. The summed E-state index contributed by atoms with van der Waals surface area (Å²) in [7, 11) is 0. The molecule has 24 heavy (non-hydrogen) atoms. The van der Waals surface area contributed by atoms with E-state index in [1.807, 2.05) is 36.1 Å². The molecule has 0 bridgehead atoms. The van der Waals surface area contributed by atoms with Crippen LogP contribution in [0.3, 0.4) is 0 Å². The lowest BCUT2D eigenvalue weighted by atomic mass is 10.1. The number of benzene rings is 2. The van der Waals surface area contributed by atoms with Crippen LogP contribution in [0.25, 0.3) is 0 Å². The Morgan fingerprint density at radius 2 is 1.96 bits per heavy atom. The Kier molecular flexibility index (Phi) is 4.96. The first-order valence-electron chi connectivity index (χ1n) is 7.70. The number of amides is 1. The second-order valence-electron chi connectivity index (χ2n) is 5.85. The minimum Gasteiger partial charge on any atom is -0.310 e. The van der Waals surface area contributed by atoms with Gasteiger partial charge in [0.2, 0.25) is 5.91 Å². The molecule has 3 rings (SSSR count). The zero-order valence-electron chi connectivity index (χ0n) is 13.2. The molecule has 1 aliphatic heterocycles. The lowest BCUT2D eigenvalue weighted by molar-refractivity contribution is -0.125. The van der Waals surface area contributed by atoms with Crippen molar-refractivity contribution in [2.45, 2.75) is 19.5 Å². The van der Waals surface area contributed by atoms with Gasteiger partial charge in [-0.25, -0.2) is 8.78 Å². The molecule has 126 valence electrons. The molecule has 1 saturated heterocycles. The maximum atomic E-state index is 13.8. The first-order valence-corrected chi connectivity index (χ1v) is 8.50. The van der Waals surface area contributed by atoms with Crippen LogP contribution in [-0.4, -0.2) is 29.9 Å². The summed E-state index contributed by atoms with van der Waals surface area (Å²) in [6.07, 6.45) is 0. The number of hydrogen-bond acceptors (Lipinski definition) is 2. The minimum atomic E-state index is -0.597. The fourth-order valence-corrected chi connectivity index (χ4v) is 3.29. The van der Waals surface area contributed by atoms with Gasteiger partial charge >= 0.3 is 0 Å². The summed E-state index contributed by atoms with van der Waals surface area (Å²) in [6.45, 7) is 3.25. The van der Waals surface area contributed by atoms with Crippen molar-refractivity contribution in [1.29, 1.82) is 0 Å². The normalized spacial score (nSPS) is 18.9. The summed E-state index contributed by atoms with van der Waals surface area (Å²) in [5.74, 6) is -1.20. The first-order chi connectivity index (χ1) is 11.5. The van der Waals surface area contributed by atoms with E-state index in [1.54, 1.807) is 4.90 Å². The molecule has 6 heteroatoms. The fourth-order valence-electron chi connectivity index (χ4n) is 2.90. The van der Waals surface area contributed by atoms with Gasteiger partial charge in [-0.05, 0) is 31.2 Å². The van der Waals surface area contributed by atoms with Crippen LogP contribution in [0.5, 0.6) is 0 Å². The third-order valence-electron chi connectivity index (χ3n) is 4.29. The molecule has 1 unspecified atom stereocenters. The molecule has 2 aromatic rings. The third-order valence-corrected chi connectivity index (χ3v) is 4.78. The van der Waals surface area contributed by atoms with Crippen molar-refractivity contribution in [3.8, 4) is 0 Å². The van der Waals surface area contributed by atoms with Gasteiger partial charge in [-0.15, -0.1) is 0 Å². The molecule has 1 amide bonds. The van der Waals surface area contributed by atoms with Gasteiger partial charge in [0.15, 0.2) is 0 Å². The average Bonchev–Trinajstić information content (AvgIpc) is 2.54. The third kappa shape index (κ3) is 3.49. The van der Waals surface area contributed by atoms with Gasteiger partial charge in [0.25, 0.3) is 0 Å². The number of nitrogens with zero attached hydrogens (tertiary/aromatic N) is 2. The average molecular weight is 395 g/mol. The van der Waals surface area contributed by atoms with Crippen molar-refractivity contribution < 1.29 is 13.6 Å². The van der Waals surface area contributed by atoms with Crippen molar-refractivity contribution >= 4 is 27.5 Å². The second-order valence-corrected chi connectivity index (χ2v) is 6.77. The summed E-state index contributed by atoms with van der Waals surface area (Å²) in [5, 5.41) is 0. The van der Waals surface area contributed by atoms with Gasteiger partial charge in [-0.2, -0.15) is 0 Å². The van der Waals surface area contributed by atoms with E-state index >= 15 is 0 Å².